The van der Waals surface area contributed by atoms with Crippen molar-refractivity contribution < 1.29 is 14.2 Å². The quantitative estimate of drug-likeness (QED) is 0.413. The average molecular weight is 418 g/mol. The highest BCUT2D eigenvalue weighted by atomic mass is 16.5. The molecule has 0 saturated carbocycles. The van der Waals surface area contributed by atoms with Gasteiger partial charge in [0.25, 0.3) is 0 Å². The molecule has 0 fully saturated rings. The Morgan fingerprint density at radius 3 is 2.35 bits per heavy atom. The Labute approximate surface area is 182 Å². The fourth-order valence-electron chi connectivity index (χ4n) is 3.55. The SMILES string of the molecule is COC[C@H](C)Oc1cc(O[C@@H](C)Cc2ccccc2)cc(-c2nc3cccnc3[nH]2)c1. The van der Waals surface area contributed by atoms with Gasteiger partial charge in [0.1, 0.15) is 28.9 Å². The summed E-state index contributed by atoms with van der Waals surface area (Å²) in [7, 11) is 1.66. The van der Waals surface area contributed by atoms with Gasteiger partial charge in [-0.3, -0.25) is 0 Å². The van der Waals surface area contributed by atoms with E-state index < -0.39 is 0 Å². The number of fused-ring (bicyclic) bond motifs is 1. The average Bonchev–Trinajstić information content (AvgIpc) is 3.19. The maximum atomic E-state index is 6.27. The van der Waals surface area contributed by atoms with E-state index in [1.54, 1.807) is 13.3 Å². The van der Waals surface area contributed by atoms with Crippen LogP contribution in [0.4, 0.5) is 0 Å². The maximum absolute atomic E-state index is 6.27. The van der Waals surface area contributed by atoms with Crippen LogP contribution in [0.5, 0.6) is 11.5 Å². The second-order valence-corrected chi connectivity index (χ2v) is 7.65. The van der Waals surface area contributed by atoms with Crippen LogP contribution < -0.4 is 9.47 Å². The Bertz CT molecular complexity index is 1090. The number of H-pyrrole nitrogens is 1. The molecule has 0 bridgehead atoms. The molecule has 0 aliphatic carbocycles. The van der Waals surface area contributed by atoms with Crippen LogP contribution in [-0.2, 0) is 11.2 Å². The topological polar surface area (TPSA) is 69.3 Å². The first-order valence-electron chi connectivity index (χ1n) is 10.4. The lowest BCUT2D eigenvalue weighted by Crippen LogP contribution is -2.18. The first-order chi connectivity index (χ1) is 15.1. The summed E-state index contributed by atoms with van der Waals surface area (Å²) in [5.41, 5.74) is 3.68. The number of benzene rings is 2. The summed E-state index contributed by atoms with van der Waals surface area (Å²) in [4.78, 5) is 12.3. The van der Waals surface area contributed by atoms with Gasteiger partial charge in [0.05, 0.1) is 12.7 Å². The molecule has 2 heterocycles. The molecule has 0 aliphatic rings. The molecule has 2 aromatic carbocycles. The van der Waals surface area contributed by atoms with Crippen LogP contribution in [0.25, 0.3) is 22.6 Å². The zero-order valence-electron chi connectivity index (χ0n) is 18.0. The number of rotatable bonds is 9. The van der Waals surface area contributed by atoms with Crippen molar-refractivity contribution in [2.45, 2.75) is 32.5 Å². The highest BCUT2D eigenvalue weighted by Gasteiger charge is 2.14. The Morgan fingerprint density at radius 1 is 0.903 bits per heavy atom. The second kappa shape index (κ2) is 9.62. The van der Waals surface area contributed by atoms with Gasteiger partial charge in [-0.1, -0.05) is 30.3 Å². The molecule has 2 atom stereocenters. The highest BCUT2D eigenvalue weighted by Crippen LogP contribution is 2.31. The van der Waals surface area contributed by atoms with Crippen LogP contribution in [0.2, 0.25) is 0 Å². The lowest BCUT2D eigenvalue weighted by Gasteiger charge is -2.18. The highest BCUT2D eigenvalue weighted by molar-refractivity contribution is 5.76. The first-order valence-corrected chi connectivity index (χ1v) is 10.4. The second-order valence-electron chi connectivity index (χ2n) is 7.65. The number of aromatic nitrogens is 3. The molecule has 4 rings (SSSR count). The van der Waals surface area contributed by atoms with E-state index in [1.165, 1.54) is 5.56 Å². The minimum atomic E-state index is -0.0906. The largest absolute Gasteiger partial charge is 0.490 e. The van der Waals surface area contributed by atoms with E-state index >= 15 is 0 Å². The summed E-state index contributed by atoms with van der Waals surface area (Å²) >= 11 is 0. The molecule has 6 nitrogen and oxygen atoms in total. The Balaban J connectivity index is 1.62. The Hall–Kier alpha value is -3.38. The van der Waals surface area contributed by atoms with Crippen molar-refractivity contribution in [2.75, 3.05) is 13.7 Å². The van der Waals surface area contributed by atoms with Crippen LogP contribution in [0, 0.1) is 0 Å². The number of aromatic amines is 1. The molecular formula is C25H27N3O3. The van der Waals surface area contributed by atoms with Gasteiger partial charge in [0.2, 0.25) is 0 Å². The predicted octanol–water partition coefficient (Wildman–Crippen LogP) is 5.05. The molecule has 0 spiro atoms. The molecule has 0 unspecified atom stereocenters. The van der Waals surface area contributed by atoms with E-state index in [2.05, 4.69) is 34.0 Å². The first kappa shape index (κ1) is 20.9. The summed E-state index contributed by atoms with van der Waals surface area (Å²) in [5, 5.41) is 0. The summed E-state index contributed by atoms with van der Waals surface area (Å²) in [5.74, 6) is 2.16. The fourth-order valence-corrected chi connectivity index (χ4v) is 3.55. The maximum Gasteiger partial charge on any atom is 0.157 e. The van der Waals surface area contributed by atoms with E-state index in [9.17, 15) is 0 Å². The Morgan fingerprint density at radius 2 is 1.65 bits per heavy atom. The minimum Gasteiger partial charge on any atom is -0.490 e. The van der Waals surface area contributed by atoms with Gasteiger partial charge in [-0.15, -0.1) is 0 Å². The van der Waals surface area contributed by atoms with Crippen LogP contribution in [0.3, 0.4) is 0 Å². The predicted molar refractivity (Wildman–Crippen MR) is 122 cm³/mol. The van der Waals surface area contributed by atoms with Crippen molar-refractivity contribution in [1.82, 2.24) is 15.0 Å². The summed E-state index contributed by atoms with van der Waals surface area (Å²) < 4.78 is 17.5. The van der Waals surface area contributed by atoms with E-state index in [0.717, 1.165) is 34.7 Å². The number of methoxy groups -OCH3 is 1. The van der Waals surface area contributed by atoms with Gasteiger partial charge in [-0.2, -0.15) is 0 Å². The number of hydrogen-bond acceptors (Lipinski definition) is 5. The van der Waals surface area contributed by atoms with Crippen molar-refractivity contribution in [1.29, 1.82) is 0 Å². The minimum absolute atomic E-state index is 0.000705. The lowest BCUT2D eigenvalue weighted by molar-refractivity contribution is 0.0917. The zero-order chi connectivity index (χ0) is 21.6. The van der Waals surface area contributed by atoms with E-state index in [4.69, 9.17) is 14.2 Å². The number of imidazole rings is 1. The molecule has 0 saturated heterocycles. The van der Waals surface area contributed by atoms with Gasteiger partial charge >= 0.3 is 0 Å². The van der Waals surface area contributed by atoms with E-state index in [-0.39, 0.29) is 12.2 Å². The molecule has 0 radical (unpaired) electrons. The molecule has 2 aromatic heterocycles. The molecule has 31 heavy (non-hydrogen) atoms. The smallest absolute Gasteiger partial charge is 0.157 e. The summed E-state index contributed by atoms with van der Waals surface area (Å²) in [6.45, 7) is 4.54. The van der Waals surface area contributed by atoms with Gasteiger partial charge in [-0.05, 0) is 43.7 Å². The van der Waals surface area contributed by atoms with Crippen molar-refractivity contribution in [3.63, 3.8) is 0 Å². The van der Waals surface area contributed by atoms with E-state index in [0.29, 0.717) is 12.4 Å². The van der Waals surface area contributed by atoms with Crippen LogP contribution >= 0.6 is 0 Å². The van der Waals surface area contributed by atoms with Crippen molar-refractivity contribution in [3.8, 4) is 22.9 Å². The van der Waals surface area contributed by atoms with Gasteiger partial charge in [0.15, 0.2) is 5.65 Å². The molecule has 160 valence electrons. The van der Waals surface area contributed by atoms with Crippen LogP contribution in [0.1, 0.15) is 19.4 Å². The standard InChI is InChI=1S/C25H27N3O3/c1-17(12-19-8-5-4-6-9-19)30-21-13-20(14-22(15-21)31-18(2)16-29-3)24-27-23-10-7-11-26-25(23)28-24/h4-11,13-15,17-18H,12,16H2,1-3H3,(H,26,27,28)/t17-,18-/m0/s1. The fraction of sp³-hybridized carbons (Fsp3) is 0.280. The molecule has 6 heteroatoms. The third kappa shape index (κ3) is 5.41. The Kier molecular flexibility index (Phi) is 6.48. The zero-order valence-corrected chi connectivity index (χ0v) is 18.0. The van der Waals surface area contributed by atoms with Crippen molar-refractivity contribution >= 4 is 11.2 Å². The normalized spacial score (nSPS) is 13.1. The molecule has 0 amide bonds. The third-order valence-electron chi connectivity index (χ3n) is 4.85. The van der Waals surface area contributed by atoms with Crippen molar-refractivity contribution in [3.05, 3.63) is 72.4 Å². The summed E-state index contributed by atoms with van der Waals surface area (Å²) in [6.07, 6.45) is 2.47. The molecule has 0 aliphatic heterocycles. The number of hydrogen-bond donors (Lipinski definition) is 1. The van der Waals surface area contributed by atoms with Gasteiger partial charge < -0.3 is 19.2 Å². The van der Waals surface area contributed by atoms with Crippen LogP contribution in [0.15, 0.2) is 66.9 Å². The van der Waals surface area contributed by atoms with Gasteiger partial charge in [-0.25, -0.2) is 9.97 Å². The number of ether oxygens (including phenoxy) is 3. The molecular weight excluding hydrogens is 390 g/mol. The van der Waals surface area contributed by atoms with Gasteiger partial charge in [0, 0.05) is 31.4 Å². The number of pyridine rings is 1. The number of nitrogens with one attached hydrogen (secondary N) is 1. The van der Waals surface area contributed by atoms with Crippen LogP contribution in [-0.4, -0.2) is 40.9 Å². The third-order valence-corrected chi connectivity index (χ3v) is 4.85. The van der Waals surface area contributed by atoms with E-state index in [1.807, 2.05) is 55.5 Å². The van der Waals surface area contributed by atoms with Crippen molar-refractivity contribution in [2.24, 2.45) is 0 Å². The lowest BCUT2D eigenvalue weighted by atomic mass is 10.1. The molecule has 1 N–H and O–H groups in total. The molecule has 4 aromatic rings. The number of nitrogens with zero attached hydrogens (tertiary/aromatic N) is 2. The summed E-state index contributed by atoms with van der Waals surface area (Å²) in [6, 6.07) is 20.0. The monoisotopic (exact) mass is 417 g/mol.